The molecule has 0 amide bonds. The number of ether oxygens (including phenoxy) is 1. The maximum absolute atomic E-state index is 12.5. The molecular weight excluding hydrogens is 290 g/mol. The van der Waals surface area contributed by atoms with E-state index in [0.717, 1.165) is 19.4 Å². The molecule has 2 unspecified atom stereocenters. The molecule has 5 nitrogen and oxygen atoms in total. The maximum atomic E-state index is 12.5. The molecule has 1 aromatic rings. The van der Waals surface area contributed by atoms with Crippen LogP contribution in [0.3, 0.4) is 0 Å². The molecule has 0 aliphatic carbocycles. The fraction of sp³-hybridized carbons (Fsp3) is 0.600. The first kappa shape index (κ1) is 16.4. The highest BCUT2D eigenvalue weighted by atomic mass is 32.2. The number of aliphatic hydroxyl groups is 1. The molecule has 0 radical (unpaired) electrons. The third kappa shape index (κ3) is 4.03. The summed E-state index contributed by atoms with van der Waals surface area (Å²) in [5, 5.41) is 9.47. The second kappa shape index (κ2) is 6.87. The van der Waals surface area contributed by atoms with Crippen molar-refractivity contribution in [3.05, 3.63) is 29.8 Å². The molecule has 0 bridgehead atoms. The summed E-state index contributed by atoms with van der Waals surface area (Å²) >= 11 is 0. The van der Waals surface area contributed by atoms with Crippen LogP contribution in [0.15, 0.2) is 29.2 Å². The van der Waals surface area contributed by atoms with E-state index in [-0.39, 0.29) is 10.8 Å². The molecule has 118 valence electrons. The number of rotatable bonds is 5. The van der Waals surface area contributed by atoms with Crippen molar-refractivity contribution in [3.63, 3.8) is 0 Å². The molecule has 1 aliphatic rings. The predicted molar refractivity (Wildman–Crippen MR) is 80.4 cm³/mol. The van der Waals surface area contributed by atoms with E-state index in [9.17, 15) is 13.5 Å². The van der Waals surface area contributed by atoms with Crippen LogP contribution >= 0.6 is 0 Å². The van der Waals surface area contributed by atoms with Crippen LogP contribution in [0.1, 0.15) is 31.4 Å². The zero-order valence-electron chi connectivity index (χ0n) is 12.5. The second-order valence-electron chi connectivity index (χ2n) is 5.61. The minimum Gasteiger partial charge on any atom is -0.389 e. The van der Waals surface area contributed by atoms with Gasteiger partial charge in [0.2, 0.25) is 10.0 Å². The van der Waals surface area contributed by atoms with Crippen LogP contribution in [0, 0.1) is 5.92 Å². The lowest BCUT2D eigenvalue weighted by atomic mass is 10.0. The van der Waals surface area contributed by atoms with Gasteiger partial charge in [-0.3, -0.25) is 0 Å². The Morgan fingerprint density at radius 2 is 2.05 bits per heavy atom. The lowest BCUT2D eigenvalue weighted by Gasteiger charge is -2.26. The lowest BCUT2D eigenvalue weighted by Crippen LogP contribution is -2.35. The molecule has 1 N–H and O–H groups in total. The van der Waals surface area contributed by atoms with Crippen LogP contribution in [-0.4, -0.2) is 44.6 Å². The molecule has 1 aliphatic heterocycles. The van der Waals surface area contributed by atoms with Gasteiger partial charge < -0.3 is 9.84 Å². The first-order valence-electron chi connectivity index (χ1n) is 7.23. The maximum Gasteiger partial charge on any atom is 0.242 e. The second-order valence-corrected chi connectivity index (χ2v) is 7.66. The number of aliphatic hydroxyl groups excluding tert-OH is 1. The molecule has 0 saturated carbocycles. The Hall–Kier alpha value is -0.950. The highest BCUT2D eigenvalue weighted by Crippen LogP contribution is 2.21. The van der Waals surface area contributed by atoms with Crippen molar-refractivity contribution in [2.24, 2.45) is 5.92 Å². The van der Waals surface area contributed by atoms with E-state index in [1.165, 1.54) is 4.31 Å². The van der Waals surface area contributed by atoms with E-state index >= 15 is 0 Å². The van der Waals surface area contributed by atoms with Crippen molar-refractivity contribution in [3.8, 4) is 0 Å². The summed E-state index contributed by atoms with van der Waals surface area (Å²) in [4.78, 5) is 0.256. The van der Waals surface area contributed by atoms with Gasteiger partial charge in [0, 0.05) is 20.2 Å². The average Bonchev–Trinajstić information content (AvgIpc) is 2.48. The summed E-state index contributed by atoms with van der Waals surface area (Å²) in [7, 11) is -1.88. The van der Waals surface area contributed by atoms with Crippen LogP contribution < -0.4 is 0 Å². The van der Waals surface area contributed by atoms with Crippen molar-refractivity contribution < 1.29 is 18.3 Å². The third-order valence-electron chi connectivity index (χ3n) is 3.84. The van der Waals surface area contributed by atoms with Gasteiger partial charge in [0.15, 0.2) is 0 Å². The fourth-order valence-corrected chi connectivity index (χ4v) is 3.76. The minimum atomic E-state index is -3.48. The number of hydrogen-bond acceptors (Lipinski definition) is 4. The molecule has 2 rings (SSSR count). The van der Waals surface area contributed by atoms with E-state index in [2.05, 4.69) is 0 Å². The number of hydrogen-bond donors (Lipinski definition) is 1. The van der Waals surface area contributed by atoms with Crippen LogP contribution in [0.2, 0.25) is 0 Å². The van der Waals surface area contributed by atoms with E-state index in [1.54, 1.807) is 38.2 Å². The average molecular weight is 313 g/mol. The van der Waals surface area contributed by atoms with E-state index in [4.69, 9.17) is 4.74 Å². The topological polar surface area (TPSA) is 66.8 Å². The highest BCUT2D eigenvalue weighted by Gasteiger charge is 2.25. The molecule has 6 heteroatoms. The highest BCUT2D eigenvalue weighted by molar-refractivity contribution is 7.89. The zero-order chi connectivity index (χ0) is 15.5. The van der Waals surface area contributed by atoms with Crippen molar-refractivity contribution >= 4 is 10.0 Å². The Morgan fingerprint density at radius 3 is 2.57 bits per heavy atom. The zero-order valence-corrected chi connectivity index (χ0v) is 13.3. The summed E-state index contributed by atoms with van der Waals surface area (Å²) in [6.07, 6.45) is 1.39. The number of benzene rings is 1. The summed E-state index contributed by atoms with van der Waals surface area (Å²) < 4.78 is 31.8. The minimum absolute atomic E-state index is 0.256. The van der Waals surface area contributed by atoms with Gasteiger partial charge in [0.1, 0.15) is 0 Å². The Morgan fingerprint density at radius 1 is 1.38 bits per heavy atom. The third-order valence-corrected chi connectivity index (χ3v) is 5.68. The lowest BCUT2D eigenvalue weighted by molar-refractivity contribution is 0.0495. The Labute approximate surface area is 126 Å². The fourth-order valence-electron chi connectivity index (χ4n) is 2.51. The van der Waals surface area contributed by atoms with Crippen LogP contribution in [0.5, 0.6) is 0 Å². The van der Waals surface area contributed by atoms with E-state index in [0.29, 0.717) is 18.7 Å². The molecule has 21 heavy (non-hydrogen) atoms. The van der Waals surface area contributed by atoms with Crippen LogP contribution in [0.4, 0.5) is 0 Å². The molecular formula is C15H23NO4S. The molecule has 0 aromatic heterocycles. The van der Waals surface area contributed by atoms with Gasteiger partial charge in [0.05, 0.1) is 17.6 Å². The molecule has 1 fully saturated rings. The first-order valence-corrected chi connectivity index (χ1v) is 8.67. The predicted octanol–water partition coefficient (Wildman–Crippen LogP) is 1.79. The smallest absolute Gasteiger partial charge is 0.242 e. The SMILES string of the molecule is CC(O)c1ccc(S(=O)(=O)N(C)CC2CCCOC2)cc1. The summed E-state index contributed by atoms with van der Waals surface area (Å²) in [6, 6.07) is 6.39. The van der Waals surface area contributed by atoms with E-state index in [1.807, 2.05) is 0 Å². The first-order chi connectivity index (χ1) is 9.91. The van der Waals surface area contributed by atoms with Crippen molar-refractivity contribution in [1.29, 1.82) is 0 Å². The standard InChI is InChI=1S/C15H23NO4S/c1-12(17)14-5-7-15(8-6-14)21(18,19)16(2)10-13-4-3-9-20-11-13/h5-8,12-13,17H,3-4,9-11H2,1-2H3. The van der Waals surface area contributed by atoms with Gasteiger partial charge >= 0.3 is 0 Å². The van der Waals surface area contributed by atoms with Crippen molar-refractivity contribution in [2.45, 2.75) is 30.8 Å². The summed E-state index contributed by atoms with van der Waals surface area (Å²) in [5.41, 5.74) is 0.706. The summed E-state index contributed by atoms with van der Waals surface area (Å²) in [5.74, 6) is 0.260. The van der Waals surface area contributed by atoms with Gasteiger partial charge in [-0.05, 0) is 43.4 Å². The molecule has 1 heterocycles. The van der Waals surface area contributed by atoms with Gasteiger partial charge in [0.25, 0.3) is 0 Å². The van der Waals surface area contributed by atoms with Crippen molar-refractivity contribution in [1.82, 2.24) is 4.31 Å². The molecule has 2 atom stereocenters. The molecule has 0 spiro atoms. The van der Waals surface area contributed by atoms with Crippen LogP contribution in [-0.2, 0) is 14.8 Å². The normalized spacial score (nSPS) is 21.4. The number of sulfonamides is 1. The van der Waals surface area contributed by atoms with Gasteiger partial charge in [-0.2, -0.15) is 0 Å². The number of nitrogens with zero attached hydrogens (tertiary/aromatic N) is 1. The van der Waals surface area contributed by atoms with Gasteiger partial charge in [-0.1, -0.05) is 12.1 Å². The Balaban J connectivity index is 2.08. The largest absolute Gasteiger partial charge is 0.389 e. The van der Waals surface area contributed by atoms with Crippen LogP contribution in [0.25, 0.3) is 0 Å². The molecule has 1 aromatic carbocycles. The Bertz CT molecular complexity index is 548. The van der Waals surface area contributed by atoms with E-state index < -0.39 is 16.1 Å². The molecule has 1 saturated heterocycles. The van der Waals surface area contributed by atoms with Crippen molar-refractivity contribution in [2.75, 3.05) is 26.8 Å². The van der Waals surface area contributed by atoms with Gasteiger partial charge in [-0.15, -0.1) is 0 Å². The summed E-state index contributed by atoms with van der Waals surface area (Å²) in [6.45, 7) is 3.52. The monoisotopic (exact) mass is 313 g/mol. The van der Waals surface area contributed by atoms with Gasteiger partial charge in [-0.25, -0.2) is 12.7 Å². The quantitative estimate of drug-likeness (QED) is 0.900. The Kier molecular flexibility index (Phi) is 5.37.